The van der Waals surface area contributed by atoms with Crippen LogP contribution < -0.4 is 5.32 Å². The highest BCUT2D eigenvalue weighted by Gasteiger charge is 2.34. The summed E-state index contributed by atoms with van der Waals surface area (Å²) in [6, 6.07) is -0.285. The zero-order valence-electron chi connectivity index (χ0n) is 11.5. The Morgan fingerprint density at radius 1 is 1.50 bits per heavy atom. The summed E-state index contributed by atoms with van der Waals surface area (Å²) in [5.41, 5.74) is 0.657. The maximum atomic E-state index is 12.2. The minimum absolute atomic E-state index is 0.236. The van der Waals surface area contributed by atoms with Crippen molar-refractivity contribution in [1.29, 1.82) is 0 Å². The van der Waals surface area contributed by atoms with E-state index in [9.17, 15) is 9.59 Å². The number of carboxylic acid groups (broad SMARTS) is 1. The molecule has 1 aromatic rings. The zero-order valence-corrected chi connectivity index (χ0v) is 12.3. The van der Waals surface area contributed by atoms with Crippen molar-refractivity contribution in [3.63, 3.8) is 0 Å². The summed E-state index contributed by atoms with van der Waals surface area (Å²) >= 11 is 1.29. The first-order chi connectivity index (χ1) is 9.52. The molecule has 0 aliphatic heterocycles. The maximum absolute atomic E-state index is 12.2. The minimum atomic E-state index is -0.839. The Morgan fingerprint density at radius 2 is 2.25 bits per heavy atom. The number of nitrogens with zero attached hydrogens (tertiary/aromatic N) is 1. The van der Waals surface area contributed by atoms with E-state index in [1.165, 1.54) is 11.3 Å². The lowest BCUT2D eigenvalue weighted by Gasteiger charge is -2.17. The van der Waals surface area contributed by atoms with Crippen molar-refractivity contribution in [2.75, 3.05) is 7.11 Å². The Balaban J connectivity index is 2.06. The molecule has 1 amide bonds. The first kappa shape index (κ1) is 14.9. The van der Waals surface area contributed by atoms with E-state index in [1.807, 2.05) is 0 Å². The first-order valence-corrected chi connectivity index (χ1v) is 7.33. The van der Waals surface area contributed by atoms with Crippen LogP contribution in [0.5, 0.6) is 0 Å². The molecule has 1 heterocycles. The lowest BCUT2D eigenvalue weighted by molar-refractivity contribution is -0.142. The number of carbonyl (C=O) groups is 2. The van der Waals surface area contributed by atoms with Crippen LogP contribution in [0.15, 0.2) is 0 Å². The Bertz CT molecular complexity index is 514. The Morgan fingerprint density at radius 3 is 2.90 bits per heavy atom. The maximum Gasteiger partial charge on any atom is 0.308 e. The second kappa shape index (κ2) is 6.32. The van der Waals surface area contributed by atoms with Gasteiger partial charge in [-0.2, -0.15) is 0 Å². The van der Waals surface area contributed by atoms with Crippen LogP contribution in [-0.2, 0) is 16.1 Å². The van der Waals surface area contributed by atoms with Crippen LogP contribution in [-0.4, -0.2) is 35.1 Å². The van der Waals surface area contributed by atoms with Crippen LogP contribution in [0.3, 0.4) is 0 Å². The largest absolute Gasteiger partial charge is 0.481 e. The van der Waals surface area contributed by atoms with E-state index in [-0.39, 0.29) is 11.9 Å². The fraction of sp³-hybridized carbons (Fsp3) is 0.615. The van der Waals surface area contributed by atoms with Crippen LogP contribution in [0.1, 0.15) is 39.6 Å². The van der Waals surface area contributed by atoms with Gasteiger partial charge in [-0.05, 0) is 19.8 Å². The number of ether oxygens (including phenoxy) is 1. The highest BCUT2D eigenvalue weighted by atomic mass is 32.1. The molecule has 1 saturated carbocycles. The summed E-state index contributed by atoms with van der Waals surface area (Å²) in [6.07, 6.45) is 2.17. The number of aliphatic carboxylic acids is 1. The molecule has 0 saturated heterocycles. The van der Waals surface area contributed by atoms with Gasteiger partial charge in [0.25, 0.3) is 5.91 Å². The molecule has 0 unspecified atom stereocenters. The van der Waals surface area contributed by atoms with E-state index in [1.54, 1.807) is 14.0 Å². The van der Waals surface area contributed by atoms with Crippen LogP contribution in [0.2, 0.25) is 0 Å². The number of rotatable bonds is 5. The van der Waals surface area contributed by atoms with Crippen LogP contribution in [0, 0.1) is 12.8 Å². The number of nitrogens with one attached hydrogen (secondary N) is 1. The number of aryl methyl sites for hydroxylation is 1. The van der Waals surface area contributed by atoms with Crippen molar-refractivity contribution in [2.45, 2.75) is 38.8 Å². The van der Waals surface area contributed by atoms with E-state index < -0.39 is 11.9 Å². The molecule has 110 valence electrons. The second-order valence-corrected chi connectivity index (χ2v) is 5.99. The van der Waals surface area contributed by atoms with Crippen LogP contribution >= 0.6 is 11.3 Å². The van der Waals surface area contributed by atoms with E-state index in [2.05, 4.69) is 10.3 Å². The molecular formula is C13H18N2O4S. The van der Waals surface area contributed by atoms with Gasteiger partial charge in [-0.15, -0.1) is 11.3 Å². The topological polar surface area (TPSA) is 88.5 Å². The molecule has 1 fully saturated rings. The zero-order chi connectivity index (χ0) is 14.7. The van der Waals surface area contributed by atoms with Crippen LogP contribution in [0.25, 0.3) is 0 Å². The van der Waals surface area contributed by atoms with Gasteiger partial charge in [-0.3, -0.25) is 9.59 Å². The Labute approximate surface area is 121 Å². The molecule has 1 aliphatic carbocycles. The molecule has 2 atom stereocenters. The number of carboxylic acids is 1. The van der Waals surface area contributed by atoms with E-state index in [0.29, 0.717) is 30.0 Å². The van der Waals surface area contributed by atoms with Crippen LogP contribution in [0.4, 0.5) is 0 Å². The highest BCUT2D eigenvalue weighted by molar-refractivity contribution is 7.13. The molecule has 6 nitrogen and oxygen atoms in total. The number of aromatic nitrogens is 1. The van der Waals surface area contributed by atoms with E-state index in [4.69, 9.17) is 9.84 Å². The molecule has 0 spiro atoms. The summed E-state index contributed by atoms with van der Waals surface area (Å²) in [6.45, 7) is 2.15. The summed E-state index contributed by atoms with van der Waals surface area (Å²) in [5, 5.41) is 12.7. The SMILES string of the molecule is COCc1nc(C)c(C(=O)N[C@@H]2CCC[C@@H]2C(=O)O)s1. The molecule has 0 radical (unpaired) electrons. The molecular weight excluding hydrogens is 280 g/mol. The number of methoxy groups -OCH3 is 1. The second-order valence-electron chi connectivity index (χ2n) is 4.91. The average molecular weight is 298 g/mol. The van der Waals surface area contributed by atoms with E-state index in [0.717, 1.165) is 11.4 Å². The van der Waals surface area contributed by atoms with Gasteiger partial charge in [0.2, 0.25) is 0 Å². The molecule has 0 aromatic carbocycles. The lowest BCUT2D eigenvalue weighted by atomic mass is 10.0. The first-order valence-electron chi connectivity index (χ1n) is 6.51. The van der Waals surface area contributed by atoms with Gasteiger partial charge in [0.15, 0.2) is 0 Å². The molecule has 2 N–H and O–H groups in total. The quantitative estimate of drug-likeness (QED) is 0.861. The van der Waals surface area contributed by atoms with Crippen molar-refractivity contribution >= 4 is 23.2 Å². The predicted molar refractivity (Wildman–Crippen MR) is 73.8 cm³/mol. The third-order valence-electron chi connectivity index (χ3n) is 3.46. The summed E-state index contributed by atoms with van der Waals surface area (Å²) in [7, 11) is 1.58. The van der Waals surface area contributed by atoms with E-state index >= 15 is 0 Å². The molecule has 0 bridgehead atoms. The van der Waals surface area contributed by atoms with Gasteiger partial charge in [0.1, 0.15) is 9.88 Å². The minimum Gasteiger partial charge on any atom is -0.481 e. The van der Waals surface area contributed by atoms with Crippen molar-refractivity contribution in [2.24, 2.45) is 5.92 Å². The third kappa shape index (κ3) is 3.16. The number of hydrogen-bond donors (Lipinski definition) is 2. The smallest absolute Gasteiger partial charge is 0.308 e. The fourth-order valence-electron chi connectivity index (χ4n) is 2.51. The molecule has 20 heavy (non-hydrogen) atoms. The summed E-state index contributed by atoms with van der Waals surface area (Å²) in [5.74, 6) is -1.56. The highest BCUT2D eigenvalue weighted by Crippen LogP contribution is 2.27. The molecule has 1 aromatic heterocycles. The van der Waals surface area contributed by atoms with Gasteiger partial charge in [-0.1, -0.05) is 6.42 Å². The van der Waals surface area contributed by atoms with Gasteiger partial charge in [-0.25, -0.2) is 4.98 Å². The van der Waals surface area contributed by atoms with Gasteiger partial charge in [0, 0.05) is 13.2 Å². The molecule has 2 rings (SSSR count). The monoisotopic (exact) mass is 298 g/mol. The lowest BCUT2D eigenvalue weighted by Crippen LogP contribution is -2.40. The molecule has 1 aliphatic rings. The van der Waals surface area contributed by atoms with Gasteiger partial charge in [0.05, 0.1) is 18.2 Å². The summed E-state index contributed by atoms with van der Waals surface area (Å²) < 4.78 is 5.00. The van der Waals surface area contributed by atoms with Gasteiger partial charge < -0.3 is 15.2 Å². The Kier molecular flexibility index (Phi) is 4.72. The van der Waals surface area contributed by atoms with Crippen molar-refractivity contribution < 1.29 is 19.4 Å². The standard InChI is InChI=1S/C13H18N2O4S/c1-7-11(20-10(14-7)6-19-2)12(16)15-9-5-3-4-8(9)13(17)18/h8-9H,3-6H2,1-2H3,(H,15,16)(H,17,18)/t8-,9+/m0/s1. The third-order valence-corrected chi connectivity index (χ3v) is 4.59. The van der Waals surface area contributed by atoms with Gasteiger partial charge >= 0.3 is 5.97 Å². The normalized spacial score (nSPS) is 21.9. The number of amides is 1. The predicted octanol–water partition coefficient (Wildman–Crippen LogP) is 1.58. The fourth-order valence-corrected chi connectivity index (χ4v) is 3.45. The average Bonchev–Trinajstić information content (AvgIpc) is 2.96. The number of hydrogen-bond acceptors (Lipinski definition) is 5. The number of carbonyl (C=O) groups excluding carboxylic acids is 1. The van der Waals surface area contributed by atoms with Crippen molar-refractivity contribution in [3.8, 4) is 0 Å². The van der Waals surface area contributed by atoms with Crippen molar-refractivity contribution in [3.05, 3.63) is 15.6 Å². The Hall–Kier alpha value is -1.47. The summed E-state index contributed by atoms with van der Waals surface area (Å²) in [4.78, 5) is 28.1. The number of thiazole rings is 1. The molecule has 7 heteroatoms. The van der Waals surface area contributed by atoms with Crippen molar-refractivity contribution in [1.82, 2.24) is 10.3 Å².